The normalized spacial score (nSPS) is 35.1. The van der Waals surface area contributed by atoms with Crippen LogP contribution in [0.4, 0.5) is 0 Å². The van der Waals surface area contributed by atoms with Crippen LogP contribution < -0.4 is 5.73 Å². The molecule has 0 heterocycles. The van der Waals surface area contributed by atoms with Gasteiger partial charge in [0, 0.05) is 5.54 Å². The molecule has 0 amide bonds. The first kappa shape index (κ1) is 12.1. The van der Waals surface area contributed by atoms with E-state index in [-0.39, 0.29) is 5.54 Å². The third kappa shape index (κ3) is 4.50. The highest BCUT2D eigenvalue weighted by Gasteiger charge is 2.22. The van der Waals surface area contributed by atoms with Crippen molar-refractivity contribution in [2.24, 2.45) is 5.73 Å². The lowest BCUT2D eigenvalue weighted by atomic mass is 9.53. The Bertz CT molecular complexity index is 154. The zero-order valence-electron chi connectivity index (χ0n) is 10.1. The second-order valence-electron chi connectivity index (χ2n) is 5.64. The van der Waals surface area contributed by atoms with Crippen molar-refractivity contribution in [3.8, 4) is 0 Å². The van der Waals surface area contributed by atoms with Crippen LogP contribution in [-0.4, -0.2) is 12.8 Å². The van der Waals surface area contributed by atoms with Crippen LogP contribution in [0.25, 0.3) is 0 Å². The third-order valence-electron chi connectivity index (χ3n) is 3.30. The summed E-state index contributed by atoms with van der Waals surface area (Å²) in [6.07, 6.45) is 7.72. The van der Waals surface area contributed by atoms with Crippen LogP contribution in [-0.2, 0) is 0 Å². The van der Waals surface area contributed by atoms with Crippen LogP contribution in [0.1, 0.15) is 59.3 Å². The summed E-state index contributed by atoms with van der Waals surface area (Å²) in [6, 6.07) is 0. The largest absolute Gasteiger partial charge is 0.325 e. The van der Waals surface area contributed by atoms with Gasteiger partial charge >= 0.3 is 0 Å². The molecule has 0 aromatic heterocycles. The fourth-order valence-electron chi connectivity index (χ4n) is 2.54. The molecular weight excluding hydrogens is 169 g/mol. The van der Waals surface area contributed by atoms with Crippen molar-refractivity contribution in [1.82, 2.24) is 0 Å². The number of hydrogen-bond acceptors (Lipinski definition) is 1. The van der Waals surface area contributed by atoms with Crippen molar-refractivity contribution < 1.29 is 0 Å². The summed E-state index contributed by atoms with van der Waals surface area (Å²) in [4.78, 5) is 0. The van der Waals surface area contributed by atoms with Crippen molar-refractivity contribution in [2.75, 3.05) is 0 Å². The first-order chi connectivity index (χ1) is 6.49. The van der Waals surface area contributed by atoms with E-state index in [4.69, 9.17) is 5.73 Å². The average molecular weight is 194 g/mol. The van der Waals surface area contributed by atoms with Crippen molar-refractivity contribution in [3.05, 3.63) is 0 Å². The van der Waals surface area contributed by atoms with E-state index in [0.29, 0.717) is 0 Å². The van der Waals surface area contributed by atoms with Crippen molar-refractivity contribution in [1.29, 1.82) is 0 Å². The highest BCUT2D eigenvalue weighted by Crippen LogP contribution is 2.31. The molecule has 0 unspecified atom stereocenters. The molecule has 1 aliphatic carbocycles. The molecule has 0 saturated heterocycles. The van der Waals surface area contributed by atoms with Gasteiger partial charge in [0.15, 0.2) is 0 Å². The second-order valence-corrected chi connectivity index (χ2v) is 5.64. The highest BCUT2D eigenvalue weighted by atomic mass is 14.7. The van der Waals surface area contributed by atoms with Gasteiger partial charge in [0.25, 0.3) is 0 Å². The molecule has 2 heteroatoms. The smallest absolute Gasteiger partial charge is 0.117 e. The van der Waals surface area contributed by atoms with Crippen LogP contribution in [0.5, 0.6) is 0 Å². The van der Waals surface area contributed by atoms with Gasteiger partial charge in [0.1, 0.15) is 7.28 Å². The predicted molar refractivity (Wildman–Crippen MR) is 64.9 cm³/mol. The van der Waals surface area contributed by atoms with Gasteiger partial charge < -0.3 is 5.73 Å². The molecule has 0 aromatic carbocycles. The Balaban J connectivity index is 2.33. The summed E-state index contributed by atoms with van der Waals surface area (Å²) in [5.41, 5.74) is 6.30. The summed E-state index contributed by atoms with van der Waals surface area (Å²) in [5.74, 6) is 1.59. The molecule has 1 rings (SSSR count). The van der Waals surface area contributed by atoms with E-state index in [1.54, 1.807) is 0 Å². The standard InChI is InChI=1S/C12H25BN/c1-10(2)13-11-6-4-8-12(3,14)9-5-7-11/h10-11H,4-9,14H2,1-3H3. The third-order valence-corrected chi connectivity index (χ3v) is 3.30. The maximum atomic E-state index is 6.18. The average Bonchev–Trinajstić information content (AvgIpc) is 1.99. The Morgan fingerprint density at radius 2 is 1.71 bits per heavy atom. The quantitative estimate of drug-likeness (QED) is 0.670. The molecule has 1 aliphatic rings. The number of hydrogen-bond donors (Lipinski definition) is 1. The summed E-state index contributed by atoms with van der Waals surface area (Å²) >= 11 is 0. The van der Waals surface area contributed by atoms with E-state index in [1.165, 1.54) is 38.5 Å². The number of nitrogens with two attached hydrogens (primary N) is 1. The van der Waals surface area contributed by atoms with Gasteiger partial charge in [-0.05, 0) is 19.8 Å². The predicted octanol–water partition coefficient (Wildman–Crippen LogP) is 3.38. The van der Waals surface area contributed by atoms with Crippen LogP contribution in [0.3, 0.4) is 0 Å². The minimum absolute atomic E-state index is 0.114. The lowest BCUT2D eigenvalue weighted by Gasteiger charge is -2.30. The molecule has 0 atom stereocenters. The van der Waals surface area contributed by atoms with E-state index in [9.17, 15) is 0 Å². The van der Waals surface area contributed by atoms with Crippen molar-refractivity contribution >= 4 is 7.28 Å². The minimum Gasteiger partial charge on any atom is -0.325 e. The second kappa shape index (κ2) is 5.20. The van der Waals surface area contributed by atoms with Gasteiger partial charge in [0.05, 0.1) is 0 Å². The van der Waals surface area contributed by atoms with E-state index in [2.05, 4.69) is 28.1 Å². The summed E-state index contributed by atoms with van der Waals surface area (Å²) in [5, 5.41) is 0. The Morgan fingerprint density at radius 3 is 2.14 bits per heavy atom. The van der Waals surface area contributed by atoms with E-state index in [1.807, 2.05) is 0 Å². The molecule has 81 valence electrons. The van der Waals surface area contributed by atoms with Crippen molar-refractivity contribution in [3.63, 3.8) is 0 Å². The van der Waals surface area contributed by atoms with E-state index >= 15 is 0 Å². The van der Waals surface area contributed by atoms with Crippen molar-refractivity contribution in [2.45, 2.75) is 76.5 Å². The molecule has 1 fully saturated rings. The van der Waals surface area contributed by atoms with Gasteiger partial charge in [-0.2, -0.15) is 0 Å². The van der Waals surface area contributed by atoms with Crippen LogP contribution >= 0.6 is 0 Å². The topological polar surface area (TPSA) is 26.0 Å². The van der Waals surface area contributed by atoms with Gasteiger partial charge in [-0.1, -0.05) is 51.2 Å². The molecule has 0 aromatic rings. The summed E-state index contributed by atoms with van der Waals surface area (Å²) in [6.45, 7) is 6.77. The lowest BCUT2D eigenvalue weighted by Crippen LogP contribution is -2.36. The zero-order chi connectivity index (χ0) is 10.6. The van der Waals surface area contributed by atoms with Gasteiger partial charge in [0.2, 0.25) is 0 Å². The first-order valence-electron chi connectivity index (χ1n) is 6.13. The maximum absolute atomic E-state index is 6.18. The molecular formula is C12H25BN. The molecule has 0 bridgehead atoms. The van der Waals surface area contributed by atoms with Gasteiger partial charge in [-0.3, -0.25) is 0 Å². The fourth-order valence-corrected chi connectivity index (χ4v) is 2.54. The van der Waals surface area contributed by atoms with Gasteiger partial charge in [-0.25, -0.2) is 0 Å². The summed E-state index contributed by atoms with van der Waals surface area (Å²) < 4.78 is 0. The monoisotopic (exact) mass is 194 g/mol. The molecule has 14 heavy (non-hydrogen) atoms. The van der Waals surface area contributed by atoms with E-state index in [0.717, 1.165) is 11.6 Å². The SMILES string of the molecule is CC(C)[B]C1CCCC(C)(N)CCC1. The van der Waals surface area contributed by atoms with E-state index < -0.39 is 0 Å². The van der Waals surface area contributed by atoms with Crippen LogP contribution in [0.2, 0.25) is 11.6 Å². The highest BCUT2D eigenvalue weighted by molar-refractivity contribution is 6.39. The maximum Gasteiger partial charge on any atom is 0.117 e. The molecule has 1 nitrogen and oxygen atoms in total. The first-order valence-corrected chi connectivity index (χ1v) is 6.13. The number of rotatable bonds is 2. The van der Waals surface area contributed by atoms with Gasteiger partial charge in [-0.15, -0.1) is 0 Å². The van der Waals surface area contributed by atoms with Crippen LogP contribution in [0, 0.1) is 0 Å². The molecule has 2 N–H and O–H groups in total. The summed E-state index contributed by atoms with van der Waals surface area (Å²) in [7, 11) is 2.53. The lowest BCUT2D eigenvalue weighted by molar-refractivity contribution is 0.342. The molecule has 1 saturated carbocycles. The van der Waals surface area contributed by atoms with Crippen LogP contribution in [0.15, 0.2) is 0 Å². The molecule has 1 radical (unpaired) electrons. The fraction of sp³-hybridized carbons (Fsp3) is 1.00. The Hall–Kier alpha value is 0.0249. The zero-order valence-corrected chi connectivity index (χ0v) is 10.1. The Labute approximate surface area is 90.1 Å². The Morgan fingerprint density at radius 1 is 1.21 bits per heavy atom. The Kier molecular flexibility index (Phi) is 4.50. The molecule has 0 spiro atoms. The molecule has 0 aliphatic heterocycles. The minimum atomic E-state index is 0.114.